The van der Waals surface area contributed by atoms with Crippen molar-refractivity contribution in [3.63, 3.8) is 0 Å². The van der Waals surface area contributed by atoms with E-state index in [1.165, 1.54) is 0 Å². The quantitative estimate of drug-likeness (QED) is 0.840. The number of nitrogens with one attached hydrogen (secondary N) is 2. The Hall–Kier alpha value is -2.41. The van der Waals surface area contributed by atoms with Crippen LogP contribution in [-0.2, 0) is 6.54 Å². The first-order valence-corrected chi connectivity index (χ1v) is 9.26. The van der Waals surface area contributed by atoms with E-state index in [0.29, 0.717) is 28.9 Å². The zero-order valence-corrected chi connectivity index (χ0v) is 15.4. The monoisotopic (exact) mass is 358 g/mol. The minimum absolute atomic E-state index is 0.0421. The number of nitrogens with zero attached hydrogens (tertiary/aromatic N) is 2. The van der Waals surface area contributed by atoms with Gasteiger partial charge >= 0.3 is 5.69 Å². The van der Waals surface area contributed by atoms with Crippen LogP contribution in [-0.4, -0.2) is 47.0 Å². The van der Waals surface area contributed by atoms with Crippen LogP contribution in [0.5, 0.6) is 0 Å². The fraction of sp³-hybridized carbons (Fsp3) is 0.526. The first kappa shape index (κ1) is 18.4. The van der Waals surface area contributed by atoms with Crippen LogP contribution in [0.3, 0.4) is 0 Å². The van der Waals surface area contributed by atoms with Crippen LogP contribution < -0.4 is 16.6 Å². The maximum absolute atomic E-state index is 12.8. The van der Waals surface area contributed by atoms with Gasteiger partial charge in [0.25, 0.3) is 11.5 Å². The van der Waals surface area contributed by atoms with Crippen LogP contribution in [0.25, 0.3) is 10.9 Å². The highest BCUT2D eigenvalue weighted by molar-refractivity contribution is 5.97. The third-order valence-corrected chi connectivity index (χ3v) is 5.25. The summed E-state index contributed by atoms with van der Waals surface area (Å²) in [5.74, 6) is 0.617. The number of piperidine rings is 1. The molecular weight excluding hydrogens is 332 g/mol. The number of hydrogen-bond acceptors (Lipinski definition) is 4. The van der Waals surface area contributed by atoms with Crippen molar-refractivity contribution in [2.45, 2.75) is 32.7 Å². The molecule has 1 aromatic heterocycles. The van der Waals surface area contributed by atoms with Crippen molar-refractivity contribution in [2.24, 2.45) is 5.92 Å². The molecule has 1 aliphatic rings. The van der Waals surface area contributed by atoms with Gasteiger partial charge < -0.3 is 15.2 Å². The molecule has 1 fully saturated rings. The molecule has 0 atom stereocenters. The van der Waals surface area contributed by atoms with Crippen LogP contribution in [0.15, 0.2) is 27.8 Å². The van der Waals surface area contributed by atoms with Gasteiger partial charge in [0, 0.05) is 25.2 Å². The molecule has 1 amide bonds. The van der Waals surface area contributed by atoms with E-state index in [1.807, 2.05) is 11.9 Å². The van der Waals surface area contributed by atoms with Gasteiger partial charge in [0.2, 0.25) is 0 Å². The lowest BCUT2D eigenvalue weighted by Crippen LogP contribution is -2.39. The molecule has 1 aromatic carbocycles. The van der Waals surface area contributed by atoms with Crippen molar-refractivity contribution in [1.29, 1.82) is 0 Å². The molecule has 1 saturated heterocycles. The summed E-state index contributed by atoms with van der Waals surface area (Å²) < 4.78 is 1.15. The number of amides is 1. The number of rotatable bonds is 5. The zero-order valence-electron chi connectivity index (χ0n) is 15.4. The second kappa shape index (κ2) is 7.86. The molecule has 0 radical (unpaired) electrons. The first-order chi connectivity index (χ1) is 12.5. The van der Waals surface area contributed by atoms with Gasteiger partial charge in [0.1, 0.15) is 0 Å². The van der Waals surface area contributed by atoms with Crippen molar-refractivity contribution in [1.82, 2.24) is 19.8 Å². The van der Waals surface area contributed by atoms with Gasteiger partial charge in [-0.2, -0.15) is 0 Å². The highest BCUT2D eigenvalue weighted by Crippen LogP contribution is 2.22. The van der Waals surface area contributed by atoms with Crippen molar-refractivity contribution >= 4 is 16.8 Å². The Bertz CT molecular complexity index is 907. The fourth-order valence-electron chi connectivity index (χ4n) is 3.63. The number of hydrogen-bond donors (Lipinski definition) is 2. The summed E-state index contributed by atoms with van der Waals surface area (Å²) >= 11 is 0. The summed E-state index contributed by atoms with van der Waals surface area (Å²) in [4.78, 5) is 41.7. The summed E-state index contributed by atoms with van der Waals surface area (Å²) in [6, 6.07) is 4.93. The Balaban J connectivity index is 1.79. The summed E-state index contributed by atoms with van der Waals surface area (Å²) in [5.41, 5.74) is 0.158. The normalized spacial score (nSPS) is 15.5. The molecule has 7 nitrogen and oxygen atoms in total. The number of aromatic amines is 1. The summed E-state index contributed by atoms with van der Waals surface area (Å²) in [6.45, 7) is 4.57. The average molecular weight is 358 g/mol. The number of fused-ring (bicyclic) bond motifs is 1. The average Bonchev–Trinajstić information content (AvgIpc) is 2.66. The predicted molar refractivity (Wildman–Crippen MR) is 102 cm³/mol. The molecule has 7 heteroatoms. The standard InChI is InChI=1S/C19H26N4O3/c1-3-23-18(25)15-5-4-14(12-16(15)21-19(23)26)17(24)22-10-7-13(8-11-22)6-9-20-2/h4-5,12-13,20H,3,6-11H2,1-2H3,(H,21,26). The molecule has 26 heavy (non-hydrogen) atoms. The Kier molecular flexibility index (Phi) is 5.56. The van der Waals surface area contributed by atoms with Crippen molar-refractivity contribution < 1.29 is 4.79 Å². The van der Waals surface area contributed by atoms with Gasteiger partial charge in [-0.05, 0) is 63.9 Å². The van der Waals surface area contributed by atoms with Crippen molar-refractivity contribution in [3.8, 4) is 0 Å². The summed E-state index contributed by atoms with van der Waals surface area (Å²) in [7, 11) is 1.96. The molecule has 0 bridgehead atoms. The second-order valence-corrected chi connectivity index (χ2v) is 6.87. The SMILES string of the molecule is CCn1c(=O)[nH]c2cc(C(=O)N3CCC(CCNC)CC3)ccc2c1=O. The van der Waals surface area contributed by atoms with E-state index in [1.54, 1.807) is 25.1 Å². The van der Waals surface area contributed by atoms with E-state index in [-0.39, 0.29) is 11.5 Å². The Morgan fingerprint density at radius 1 is 1.27 bits per heavy atom. The number of carbonyl (C=O) groups excluding carboxylic acids is 1. The highest BCUT2D eigenvalue weighted by Gasteiger charge is 2.23. The van der Waals surface area contributed by atoms with E-state index < -0.39 is 5.69 Å². The number of carbonyl (C=O) groups is 1. The number of aromatic nitrogens is 2. The topological polar surface area (TPSA) is 87.2 Å². The van der Waals surface area contributed by atoms with Gasteiger partial charge in [-0.3, -0.25) is 14.2 Å². The van der Waals surface area contributed by atoms with Gasteiger partial charge in [-0.1, -0.05) is 0 Å². The molecule has 0 saturated carbocycles. The molecule has 140 valence electrons. The lowest BCUT2D eigenvalue weighted by atomic mass is 9.93. The van der Waals surface area contributed by atoms with Gasteiger partial charge in [-0.25, -0.2) is 4.79 Å². The lowest BCUT2D eigenvalue weighted by Gasteiger charge is -2.32. The minimum atomic E-state index is -0.444. The predicted octanol–water partition coefficient (Wildman–Crippen LogP) is 1.17. The van der Waals surface area contributed by atoms with Crippen LogP contribution in [0.2, 0.25) is 0 Å². The smallest absolute Gasteiger partial charge is 0.328 e. The number of benzene rings is 1. The van der Waals surface area contributed by atoms with E-state index >= 15 is 0 Å². The maximum Gasteiger partial charge on any atom is 0.328 e. The van der Waals surface area contributed by atoms with Gasteiger partial charge in [-0.15, -0.1) is 0 Å². The van der Waals surface area contributed by atoms with Gasteiger partial charge in [0.05, 0.1) is 10.9 Å². The van der Waals surface area contributed by atoms with E-state index in [9.17, 15) is 14.4 Å². The lowest BCUT2D eigenvalue weighted by molar-refractivity contribution is 0.0687. The van der Waals surface area contributed by atoms with Crippen LogP contribution in [0.4, 0.5) is 0 Å². The van der Waals surface area contributed by atoms with E-state index in [2.05, 4.69) is 10.3 Å². The molecule has 0 unspecified atom stereocenters. The molecule has 2 aromatic rings. The molecular formula is C19H26N4O3. The highest BCUT2D eigenvalue weighted by atomic mass is 16.2. The molecule has 1 aliphatic heterocycles. The van der Waals surface area contributed by atoms with E-state index in [0.717, 1.165) is 43.5 Å². The minimum Gasteiger partial charge on any atom is -0.339 e. The number of likely N-dealkylation sites (tertiary alicyclic amines) is 1. The Labute approximate surface area is 152 Å². The zero-order chi connectivity index (χ0) is 18.7. The van der Waals surface area contributed by atoms with Crippen LogP contribution in [0.1, 0.15) is 36.5 Å². The third-order valence-electron chi connectivity index (χ3n) is 5.25. The van der Waals surface area contributed by atoms with Crippen molar-refractivity contribution in [2.75, 3.05) is 26.7 Å². The van der Waals surface area contributed by atoms with E-state index in [4.69, 9.17) is 0 Å². The number of H-pyrrole nitrogens is 1. The molecule has 2 heterocycles. The molecule has 3 rings (SSSR count). The molecule has 2 N–H and O–H groups in total. The molecule has 0 aliphatic carbocycles. The summed E-state index contributed by atoms with van der Waals surface area (Å²) in [5, 5.41) is 3.60. The largest absolute Gasteiger partial charge is 0.339 e. The van der Waals surface area contributed by atoms with Gasteiger partial charge in [0.15, 0.2) is 0 Å². The second-order valence-electron chi connectivity index (χ2n) is 6.87. The molecule has 0 spiro atoms. The third kappa shape index (κ3) is 3.58. The fourth-order valence-corrected chi connectivity index (χ4v) is 3.63. The Morgan fingerprint density at radius 2 is 2.00 bits per heavy atom. The van der Waals surface area contributed by atoms with Crippen LogP contribution in [0, 0.1) is 5.92 Å². The maximum atomic E-state index is 12.8. The first-order valence-electron chi connectivity index (χ1n) is 9.26. The summed E-state index contributed by atoms with van der Waals surface area (Å²) in [6.07, 6.45) is 3.16. The van der Waals surface area contributed by atoms with Crippen molar-refractivity contribution in [3.05, 3.63) is 44.6 Å². The van der Waals surface area contributed by atoms with Crippen LogP contribution >= 0.6 is 0 Å². The Morgan fingerprint density at radius 3 is 2.65 bits per heavy atom.